The van der Waals surface area contributed by atoms with Crippen LogP contribution in [-0.2, 0) is 6.42 Å². The van der Waals surface area contributed by atoms with Gasteiger partial charge in [-0.25, -0.2) is 0 Å². The van der Waals surface area contributed by atoms with Crippen molar-refractivity contribution >= 4 is 5.69 Å². The van der Waals surface area contributed by atoms with Gasteiger partial charge in [0.2, 0.25) is 0 Å². The van der Waals surface area contributed by atoms with Crippen LogP contribution in [0.2, 0.25) is 0 Å². The molecule has 19 heavy (non-hydrogen) atoms. The van der Waals surface area contributed by atoms with Gasteiger partial charge in [0.25, 0.3) is 0 Å². The summed E-state index contributed by atoms with van der Waals surface area (Å²) < 4.78 is 5.73. The van der Waals surface area contributed by atoms with Crippen molar-refractivity contribution in [2.24, 2.45) is 0 Å². The number of ether oxygens (including phenoxy) is 1. The SMILES string of the molecule is c1ccc(OCCCN2CCc3ccccc32)cc1. The number of hydrogen-bond donors (Lipinski definition) is 0. The van der Waals surface area contributed by atoms with Gasteiger partial charge in [-0.1, -0.05) is 36.4 Å². The number of benzene rings is 2. The standard InChI is InChI=1S/C17H19NO/c1-2-8-16(9-3-1)19-14-6-12-18-13-11-15-7-4-5-10-17(15)18/h1-5,7-10H,6,11-14H2. The number of anilines is 1. The molecule has 0 fully saturated rings. The van der Waals surface area contributed by atoms with Crippen molar-refractivity contribution in [2.45, 2.75) is 12.8 Å². The lowest BCUT2D eigenvalue weighted by atomic mass is 10.2. The molecule has 0 radical (unpaired) electrons. The van der Waals surface area contributed by atoms with Crippen LogP contribution in [0.15, 0.2) is 54.6 Å². The van der Waals surface area contributed by atoms with Crippen LogP contribution in [0.4, 0.5) is 5.69 Å². The highest BCUT2D eigenvalue weighted by Gasteiger charge is 2.17. The van der Waals surface area contributed by atoms with Crippen LogP contribution in [0, 0.1) is 0 Å². The highest BCUT2D eigenvalue weighted by atomic mass is 16.5. The molecule has 0 aliphatic carbocycles. The molecule has 0 saturated heterocycles. The zero-order chi connectivity index (χ0) is 12.9. The first-order chi connectivity index (χ1) is 9.43. The van der Waals surface area contributed by atoms with Crippen LogP contribution in [0.3, 0.4) is 0 Å². The summed E-state index contributed by atoms with van der Waals surface area (Å²) in [6.45, 7) is 3.00. The van der Waals surface area contributed by atoms with Gasteiger partial charge >= 0.3 is 0 Å². The minimum absolute atomic E-state index is 0.780. The predicted octanol–water partition coefficient (Wildman–Crippen LogP) is 3.52. The fraction of sp³-hybridized carbons (Fsp3) is 0.294. The van der Waals surface area contributed by atoms with E-state index in [-0.39, 0.29) is 0 Å². The van der Waals surface area contributed by atoms with Crippen LogP contribution in [0.1, 0.15) is 12.0 Å². The molecule has 2 nitrogen and oxygen atoms in total. The van der Waals surface area contributed by atoms with E-state index in [1.54, 1.807) is 0 Å². The monoisotopic (exact) mass is 253 g/mol. The van der Waals surface area contributed by atoms with Gasteiger partial charge in [0.15, 0.2) is 0 Å². The molecule has 2 aromatic carbocycles. The Morgan fingerprint density at radius 3 is 2.63 bits per heavy atom. The normalized spacial score (nSPS) is 13.4. The quantitative estimate of drug-likeness (QED) is 0.756. The van der Waals surface area contributed by atoms with Crippen molar-refractivity contribution in [1.29, 1.82) is 0 Å². The highest BCUT2D eigenvalue weighted by molar-refractivity contribution is 5.57. The second kappa shape index (κ2) is 5.79. The Labute approximate surface area is 114 Å². The average Bonchev–Trinajstić information content (AvgIpc) is 2.88. The van der Waals surface area contributed by atoms with Crippen molar-refractivity contribution in [1.82, 2.24) is 0 Å². The second-order valence-corrected chi connectivity index (χ2v) is 4.88. The molecule has 0 aromatic heterocycles. The Morgan fingerprint density at radius 1 is 0.947 bits per heavy atom. The van der Waals surface area contributed by atoms with E-state index in [9.17, 15) is 0 Å². The number of para-hydroxylation sites is 2. The first-order valence-corrected chi connectivity index (χ1v) is 6.94. The molecular formula is C17H19NO. The van der Waals surface area contributed by atoms with E-state index in [4.69, 9.17) is 4.74 Å². The molecule has 0 saturated carbocycles. The maximum absolute atomic E-state index is 5.73. The molecule has 0 unspecified atom stereocenters. The molecule has 98 valence electrons. The lowest BCUT2D eigenvalue weighted by Crippen LogP contribution is -2.23. The number of rotatable bonds is 5. The maximum Gasteiger partial charge on any atom is 0.119 e. The van der Waals surface area contributed by atoms with E-state index in [0.717, 1.165) is 31.9 Å². The third-order valence-corrected chi connectivity index (χ3v) is 3.57. The zero-order valence-corrected chi connectivity index (χ0v) is 11.1. The Hall–Kier alpha value is -1.96. The van der Waals surface area contributed by atoms with Crippen LogP contribution in [0.5, 0.6) is 5.75 Å². The molecular weight excluding hydrogens is 234 g/mol. The Kier molecular flexibility index (Phi) is 3.68. The van der Waals surface area contributed by atoms with E-state index in [1.807, 2.05) is 30.3 Å². The van der Waals surface area contributed by atoms with Gasteiger partial charge in [0.1, 0.15) is 5.75 Å². The average molecular weight is 253 g/mol. The first-order valence-electron chi connectivity index (χ1n) is 6.94. The van der Waals surface area contributed by atoms with Gasteiger partial charge < -0.3 is 9.64 Å². The van der Waals surface area contributed by atoms with E-state index in [0.29, 0.717) is 0 Å². The fourth-order valence-electron chi connectivity index (χ4n) is 2.60. The lowest BCUT2D eigenvalue weighted by molar-refractivity contribution is 0.312. The molecule has 0 bridgehead atoms. The number of nitrogens with zero attached hydrogens (tertiary/aromatic N) is 1. The fourth-order valence-corrected chi connectivity index (χ4v) is 2.60. The van der Waals surface area contributed by atoms with E-state index < -0.39 is 0 Å². The van der Waals surface area contributed by atoms with Gasteiger partial charge in [0, 0.05) is 18.8 Å². The molecule has 1 aliphatic heterocycles. The first kappa shape index (κ1) is 12.1. The molecule has 0 N–H and O–H groups in total. The van der Waals surface area contributed by atoms with E-state index >= 15 is 0 Å². The van der Waals surface area contributed by atoms with Gasteiger partial charge in [0.05, 0.1) is 6.61 Å². The molecule has 2 aromatic rings. The summed E-state index contributed by atoms with van der Waals surface area (Å²) in [7, 11) is 0. The summed E-state index contributed by atoms with van der Waals surface area (Å²) in [5, 5.41) is 0. The number of hydrogen-bond acceptors (Lipinski definition) is 2. The minimum atomic E-state index is 0.780. The Morgan fingerprint density at radius 2 is 1.74 bits per heavy atom. The topological polar surface area (TPSA) is 12.5 Å². The maximum atomic E-state index is 5.73. The molecule has 3 rings (SSSR count). The van der Waals surface area contributed by atoms with E-state index in [2.05, 4.69) is 29.2 Å². The Bertz CT molecular complexity index is 524. The summed E-state index contributed by atoms with van der Waals surface area (Å²) in [5.41, 5.74) is 2.88. The summed E-state index contributed by atoms with van der Waals surface area (Å²) in [4.78, 5) is 2.46. The molecule has 2 heteroatoms. The summed E-state index contributed by atoms with van der Waals surface area (Å²) in [6.07, 6.45) is 2.24. The van der Waals surface area contributed by atoms with Crippen molar-refractivity contribution in [3.05, 3.63) is 60.2 Å². The molecule has 1 heterocycles. The molecule has 1 aliphatic rings. The zero-order valence-electron chi connectivity index (χ0n) is 11.1. The van der Waals surface area contributed by atoms with Gasteiger partial charge in [-0.05, 0) is 36.6 Å². The van der Waals surface area contributed by atoms with Crippen molar-refractivity contribution in [2.75, 3.05) is 24.6 Å². The van der Waals surface area contributed by atoms with Crippen molar-refractivity contribution < 1.29 is 4.74 Å². The predicted molar refractivity (Wildman–Crippen MR) is 78.9 cm³/mol. The molecule has 0 atom stereocenters. The highest BCUT2D eigenvalue weighted by Crippen LogP contribution is 2.27. The smallest absolute Gasteiger partial charge is 0.119 e. The van der Waals surface area contributed by atoms with Crippen molar-refractivity contribution in [3.63, 3.8) is 0 Å². The summed E-state index contributed by atoms with van der Waals surface area (Å²) >= 11 is 0. The number of fused-ring (bicyclic) bond motifs is 1. The summed E-state index contributed by atoms with van der Waals surface area (Å²) in [5.74, 6) is 0.962. The molecule has 0 amide bonds. The second-order valence-electron chi connectivity index (χ2n) is 4.88. The third-order valence-electron chi connectivity index (χ3n) is 3.57. The summed E-state index contributed by atoms with van der Waals surface area (Å²) in [6, 6.07) is 18.7. The molecule has 0 spiro atoms. The van der Waals surface area contributed by atoms with Gasteiger partial charge in [-0.15, -0.1) is 0 Å². The largest absolute Gasteiger partial charge is 0.494 e. The van der Waals surface area contributed by atoms with Crippen LogP contribution >= 0.6 is 0 Å². The van der Waals surface area contributed by atoms with Crippen molar-refractivity contribution in [3.8, 4) is 5.75 Å². The Balaban J connectivity index is 1.47. The van der Waals surface area contributed by atoms with Crippen LogP contribution < -0.4 is 9.64 Å². The van der Waals surface area contributed by atoms with Crippen LogP contribution in [-0.4, -0.2) is 19.7 Å². The van der Waals surface area contributed by atoms with Crippen LogP contribution in [0.25, 0.3) is 0 Å². The minimum Gasteiger partial charge on any atom is -0.494 e. The van der Waals surface area contributed by atoms with Gasteiger partial charge in [-0.3, -0.25) is 0 Å². The van der Waals surface area contributed by atoms with Gasteiger partial charge in [-0.2, -0.15) is 0 Å². The third kappa shape index (κ3) is 2.90. The van der Waals surface area contributed by atoms with E-state index in [1.165, 1.54) is 17.7 Å². The lowest BCUT2D eigenvalue weighted by Gasteiger charge is -2.19.